The third-order valence-corrected chi connectivity index (χ3v) is 7.32. The molecule has 3 aliphatic rings. The molecule has 0 amide bonds. The average Bonchev–Trinajstić information content (AvgIpc) is 3.17. The summed E-state index contributed by atoms with van der Waals surface area (Å²) in [4.78, 5) is 4.27. The second-order valence-electron chi connectivity index (χ2n) is 10.5. The second kappa shape index (κ2) is 9.96. The van der Waals surface area contributed by atoms with Gasteiger partial charge in [0.05, 0.1) is 17.4 Å². The standard InChI is InChI=1S/C28H40N2.ClH/c1-19(2)22-15-25(20(3)4)28(26(16-22)21(5)6)27-14-10-13-24-17-29(18-30(24)27)23-11-8-7-9-12-23;/h10,13-17,19-21,23H,7-9,11-12,18H2,1-6H3;1H. The Morgan fingerprint density at radius 2 is 1.48 bits per heavy atom. The predicted octanol–water partition coefficient (Wildman–Crippen LogP) is 3.30. The van der Waals surface area contributed by atoms with E-state index in [0.29, 0.717) is 17.8 Å². The summed E-state index contributed by atoms with van der Waals surface area (Å²) < 4.78 is 0. The van der Waals surface area contributed by atoms with Crippen LogP contribution in [-0.2, 0) is 0 Å². The second-order valence-corrected chi connectivity index (χ2v) is 10.5. The van der Waals surface area contributed by atoms with Crippen molar-refractivity contribution in [3.63, 3.8) is 0 Å². The highest BCUT2D eigenvalue weighted by Gasteiger charge is 2.35. The van der Waals surface area contributed by atoms with Crippen molar-refractivity contribution in [3.05, 3.63) is 64.5 Å². The summed E-state index contributed by atoms with van der Waals surface area (Å²) in [6, 6.07) is 5.77. The number of halogens is 1. The molecule has 1 saturated carbocycles. The first-order valence-corrected chi connectivity index (χ1v) is 12.3. The Morgan fingerprint density at radius 3 is 2.03 bits per heavy atom. The molecular formula is C28H41ClN2. The smallest absolute Gasteiger partial charge is 0.162 e. The molecular weight excluding hydrogens is 400 g/mol. The van der Waals surface area contributed by atoms with Gasteiger partial charge in [-0.3, -0.25) is 9.80 Å². The molecule has 0 radical (unpaired) electrons. The van der Waals surface area contributed by atoms with Crippen molar-refractivity contribution >= 4 is 5.70 Å². The maximum absolute atomic E-state index is 2.60. The molecule has 0 spiro atoms. The topological polar surface area (TPSA) is 7.68 Å². The van der Waals surface area contributed by atoms with Gasteiger partial charge in [0, 0.05) is 5.56 Å². The first-order valence-electron chi connectivity index (χ1n) is 12.3. The summed E-state index contributed by atoms with van der Waals surface area (Å²) in [6.07, 6.45) is 16.4. The van der Waals surface area contributed by atoms with Gasteiger partial charge in [-0.1, -0.05) is 66.2 Å². The largest absolute Gasteiger partial charge is 1.00 e. The van der Waals surface area contributed by atoms with E-state index in [1.165, 1.54) is 65.8 Å². The molecule has 1 fully saturated rings. The molecule has 1 aliphatic carbocycles. The van der Waals surface area contributed by atoms with Gasteiger partial charge in [0.15, 0.2) is 6.67 Å². The molecule has 1 N–H and O–H groups in total. The molecule has 1 unspecified atom stereocenters. The summed E-state index contributed by atoms with van der Waals surface area (Å²) in [6.45, 7) is 15.1. The van der Waals surface area contributed by atoms with Gasteiger partial charge in [0.25, 0.3) is 0 Å². The van der Waals surface area contributed by atoms with Gasteiger partial charge in [-0.25, -0.2) is 0 Å². The fraction of sp³-hybridized carbons (Fsp3) is 0.571. The maximum Gasteiger partial charge on any atom is 0.162 e. The van der Waals surface area contributed by atoms with Gasteiger partial charge in [-0.2, -0.15) is 0 Å². The molecule has 31 heavy (non-hydrogen) atoms. The van der Waals surface area contributed by atoms with Gasteiger partial charge >= 0.3 is 0 Å². The Labute approximate surface area is 196 Å². The van der Waals surface area contributed by atoms with Crippen LogP contribution in [0.4, 0.5) is 0 Å². The molecule has 0 saturated heterocycles. The molecule has 4 rings (SSSR count). The summed E-state index contributed by atoms with van der Waals surface area (Å²) in [5.74, 6) is 1.59. The van der Waals surface area contributed by atoms with Crippen LogP contribution in [0.15, 0.2) is 42.3 Å². The van der Waals surface area contributed by atoms with E-state index in [0.717, 1.165) is 12.7 Å². The van der Waals surface area contributed by atoms with Crippen LogP contribution >= 0.6 is 0 Å². The predicted molar refractivity (Wildman–Crippen MR) is 128 cm³/mol. The third-order valence-electron chi connectivity index (χ3n) is 7.32. The van der Waals surface area contributed by atoms with E-state index in [9.17, 15) is 0 Å². The van der Waals surface area contributed by atoms with Crippen LogP contribution in [0.1, 0.15) is 114 Å². The van der Waals surface area contributed by atoms with Crippen molar-refractivity contribution in [2.75, 3.05) is 6.67 Å². The third kappa shape index (κ3) is 4.81. The van der Waals surface area contributed by atoms with Gasteiger partial charge in [-0.15, -0.1) is 0 Å². The van der Waals surface area contributed by atoms with E-state index in [2.05, 4.69) is 83.0 Å². The summed E-state index contributed by atoms with van der Waals surface area (Å²) in [5, 5.41) is 0. The van der Waals surface area contributed by atoms with Crippen molar-refractivity contribution in [1.82, 2.24) is 4.90 Å². The Hall–Kier alpha value is -1.51. The minimum Gasteiger partial charge on any atom is -1.00 e. The molecule has 0 bridgehead atoms. The number of allylic oxidation sites excluding steroid dienone is 3. The number of benzene rings is 1. The highest BCUT2D eigenvalue weighted by molar-refractivity contribution is 5.75. The number of nitrogens with zero attached hydrogens (tertiary/aromatic N) is 1. The fourth-order valence-electron chi connectivity index (χ4n) is 5.47. The summed E-state index contributed by atoms with van der Waals surface area (Å²) >= 11 is 0. The average molecular weight is 441 g/mol. The zero-order chi connectivity index (χ0) is 21.4. The molecule has 1 aromatic carbocycles. The number of hydrogen-bond donors (Lipinski definition) is 1. The molecule has 3 heteroatoms. The molecule has 2 heterocycles. The number of nitrogens with one attached hydrogen (secondary N) is 1. The quantitative estimate of drug-likeness (QED) is 0.738. The SMILES string of the molecule is CC(C)c1cc(C(C)C)c(C2=CC=CC3=C[NH+](C4CCCCC4)CN32)c(C(C)C)c1.[Cl-]. The molecule has 1 aromatic rings. The Balaban J connectivity index is 0.00000272. The highest BCUT2D eigenvalue weighted by Crippen LogP contribution is 2.40. The van der Waals surface area contributed by atoms with Gasteiger partial charge in [-0.05, 0) is 72.3 Å². The van der Waals surface area contributed by atoms with Crippen molar-refractivity contribution in [2.24, 2.45) is 0 Å². The van der Waals surface area contributed by atoms with Crippen molar-refractivity contribution in [2.45, 2.75) is 97.4 Å². The molecule has 1 atom stereocenters. The summed E-state index contributed by atoms with van der Waals surface area (Å²) in [5.41, 5.74) is 8.80. The van der Waals surface area contributed by atoms with Crippen LogP contribution in [0.3, 0.4) is 0 Å². The zero-order valence-electron chi connectivity index (χ0n) is 20.3. The Bertz CT molecular complexity index is 840. The first-order chi connectivity index (χ1) is 14.4. The van der Waals surface area contributed by atoms with Crippen LogP contribution in [0.2, 0.25) is 0 Å². The maximum atomic E-state index is 2.60. The lowest BCUT2D eigenvalue weighted by Crippen LogP contribution is -3.11. The van der Waals surface area contributed by atoms with Crippen LogP contribution in [0, 0.1) is 0 Å². The highest BCUT2D eigenvalue weighted by atomic mass is 35.5. The van der Waals surface area contributed by atoms with E-state index >= 15 is 0 Å². The minimum atomic E-state index is 0. The molecule has 2 aliphatic heterocycles. The van der Waals surface area contributed by atoms with Crippen molar-refractivity contribution < 1.29 is 17.3 Å². The van der Waals surface area contributed by atoms with Crippen LogP contribution < -0.4 is 17.3 Å². The summed E-state index contributed by atoms with van der Waals surface area (Å²) in [7, 11) is 0. The number of fused-ring (bicyclic) bond motifs is 1. The van der Waals surface area contributed by atoms with E-state index < -0.39 is 0 Å². The lowest BCUT2D eigenvalue weighted by molar-refractivity contribution is -0.876. The number of quaternary nitrogens is 1. The number of rotatable bonds is 5. The van der Waals surface area contributed by atoms with Crippen LogP contribution in [0.5, 0.6) is 0 Å². The van der Waals surface area contributed by atoms with Gasteiger partial charge in [0.1, 0.15) is 6.20 Å². The fourth-order valence-corrected chi connectivity index (χ4v) is 5.47. The monoisotopic (exact) mass is 440 g/mol. The van der Waals surface area contributed by atoms with E-state index in [4.69, 9.17) is 0 Å². The minimum absolute atomic E-state index is 0. The lowest BCUT2D eigenvalue weighted by atomic mass is 9.82. The molecule has 170 valence electrons. The number of hydrogen-bond acceptors (Lipinski definition) is 1. The Kier molecular flexibility index (Phi) is 7.76. The molecule has 0 aromatic heterocycles. The van der Waals surface area contributed by atoms with Crippen molar-refractivity contribution in [3.8, 4) is 0 Å². The lowest BCUT2D eigenvalue weighted by Gasteiger charge is -2.32. The van der Waals surface area contributed by atoms with Crippen LogP contribution in [0.25, 0.3) is 5.70 Å². The van der Waals surface area contributed by atoms with E-state index in [1.54, 1.807) is 4.90 Å². The van der Waals surface area contributed by atoms with E-state index in [1.807, 2.05) is 0 Å². The molecule has 2 nitrogen and oxygen atoms in total. The zero-order valence-corrected chi connectivity index (χ0v) is 21.1. The Morgan fingerprint density at radius 1 is 0.871 bits per heavy atom. The van der Waals surface area contributed by atoms with Crippen molar-refractivity contribution in [1.29, 1.82) is 0 Å². The first kappa shape index (κ1) is 24.1. The normalized spacial score (nSPS) is 21.5. The van der Waals surface area contributed by atoms with Crippen LogP contribution in [-0.4, -0.2) is 17.6 Å². The van der Waals surface area contributed by atoms with E-state index in [-0.39, 0.29) is 12.4 Å². The van der Waals surface area contributed by atoms with Gasteiger partial charge in [0.2, 0.25) is 0 Å². The van der Waals surface area contributed by atoms with Gasteiger partial charge < -0.3 is 12.4 Å².